The predicted molar refractivity (Wildman–Crippen MR) is 138 cm³/mol. The van der Waals surface area contributed by atoms with Crippen molar-refractivity contribution in [3.05, 3.63) is 75.0 Å². The van der Waals surface area contributed by atoms with Gasteiger partial charge in [0.1, 0.15) is 28.4 Å². The van der Waals surface area contributed by atoms with Crippen LogP contribution in [0, 0.1) is 9.81 Å². The number of carbonyl (C=O) groups excluding carboxylic acids is 1. The molecule has 0 radical (unpaired) electrons. The molecule has 0 saturated carbocycles. The number of benzene rings is 3. The van der Waals surface area contributed by atoms with Crippen LogP contribution in [-0.4, -0.2) is 34.8 Å². The van der Waals surface area contributed by atoms with Crippen LogP contribution in [0.5, 0.6) is 5.75 Å². The van der Waals surface area contributed by atoms with Crippen LogP contribution in [0.25, 0.3) is 21.0 Å². The number of rotatable bonds is 8. The summed E-state index contributed by atoms with van der Waals surface area (Å²) in [6.45, 7) is 0.297. The first-order chi connectivity index (χ1) is 17.1. The molecule has 2 N–H and O–H groups in total. The lowest BCUT2D eigenvalue weighted by Crippen LogP contribution is -2.34. The van der Waals surface area contributed by atoms with Gasteiger partial charge in [0, 0.05) is 10.9 Å². The molecular weight excluding hydrogens is 489 g/mol. The molecule has 1 aromatic heterocycles. The molecule has 1 aliphatic rings. The maximum atomic E-state index is 11.5. The zero-order chi connectivity index (χ0) is 24.4. The number of ether oxygens (including phenoxy) is 1. The van der Waals surface area contributed by atoms with Crippen molar-refractivity contribution in [2.45, 2.75) is 12.6 Å². The van der Waals surface area contributed by atoms with Crippen LogP contribution in [0.1, 0.15) is 10.6 Å². The van der Waals surface area contributed by atoms with Gasteiger partial charge in [0.2, 0.25) is 0 Å². The Bertz CT molecular complexity index is 1490. The van der Waals surface area contributed by atoms with Crippen LogP contribution in [0.3, 0.4) is 0 Å². The van der Waals surface area contributed by atoms with Crippen LogP contribution < -0.4 is 16.1 Å². The number of nitrogens with zero attached hydrogens (tertiary/aromatic N) is 4. The highest BCUT2D eigenvalue weighted by Gasteiger charge is 2.28. The summed E-state index contributed by atoms with van der Waals surface area (Å²) in [5.74, 6) is 5.52. The van der Waals surface area contributed by atoms with Crippen LogP contribution in [0.15, 0.2) is 69.9 Å². The van der Waals surface area contributed by atoms with E-state index in [0.717, 1.165) is 26.6 Å². The fourth-order valence-electron chi connectivity index (χ4n) is 3.81. The maximum Gasteiger partial charge on any atom is 0.537 e. The number of fused-ring (bicyclic) bond motifs is 2. The molecule has 0 bridgehead atoms. The van der Waals surface area contributed by atoms with Gasteiger partial charge in [-0.15, -0.1) is 28.0 Å². The van der Waals surface area contributed by atoms with E-state index >= 15 is 0 Å². The van der Waals surface area contributed by atoms with Gasteiger partial charge in [0.15, 0.2) is 0 Å². The molecule has 174 valence electrons. The van der Waals surface area contributed by atoms with E-state index in [-0.39, 0.29) is 0 Å². The van der Waals surface area contributed by atoms with Gasteiger partial charge in [0.25, 0.3) is 0 Å². The molecule has 1 aliphatic heterocycles. The predicted octanol–water partition coefficient (Wildman–Crippen LogP) is 3.54. The highest BCUT2D eigenvalue weighted by Crippen LogP contribution is 2.32. The summed E-state index contributed by atoms with van der Waals surface area (Å²) in [4.78, 5) is 42.0. The topological polar surface area (TPSA) is 146 Å². The zero-order valence-electron chi connectivity index (χ0n) is 18.0. The van der Waals surface area contributed by atoms with Crippen molar-refractivity contribution in [1.82, 2.24) is 4.98 Å². The highest BCUT2D eigenvalue weighted by atomic mass is 32.2. The van der Waals surface area contributed by atoms with Crippen molar-refractivity contribution in [2.75, 3.05) is 5.75 Å². The average molecular weight is 505 g/mol. The van der Waals surface area contributed by atoms with Crippen LogP contribution in [-0.2, 0) is 16.2 Å². The average Bonchev–Trinajstić information content (AvgIpc) is 3.55. The zero-order valence-corrected chi connectivity index (χ0v) is 19.6. The van der Waals surface area contributed by atoms with E-state index in [2.05, 4.69) is 20.2 Å². The largest absolute Gasteiger partial charge is 0.537 e. The Morgan fingerprint density at radius 1 is 1.14 bits per heavy atom. The molecule has 1 amide bonds. The van der Waals surface area contributed by atoms with Gasteiger partial charge in [-0.2, -0.15) is 4.91 Å². The van der Waals surface area contributed by atoms with E-state index in [9.17, 15) is 14.6 Å². The summed E-state index contributed by atoms with van der Waals surface area (Å²) >= 11 is 2.82. The molecule has 3 aromatic carbocycles. The molecule has 13 heteroatoms. The molecule has 0 saturated heterocycles. The van der Waals surface area contributed by atoms with Gasteiger partial charge in [0.05, 0.1) is 10.2 Å². The molecule has 0 fully saturated rings. The van der Waals surface area contributed by atoms with Crippen LogP contribution in [0.2, 0.25) is 0 Å². The molecule has 0 spiro atoms. The Labute approximate surface area is 207 Å². The summed E-state index contributed by atoms with van der Waals surface area (Å²) in [6, 6.07) is 16.1. The Hall–Kier alpha value is -3.52. The molecular formula is C22H16BN5O5S2. The number of amides is 1. The van der Waals surface area contributed by atoms with Crippen molar-refractivity contribution in [3.8, 4) is 5.75 Å². The Morgan fingerprint density at radius 2 is 1.97 bits per heavy atom. The van der Waals surface area contributed by atoms with Crippen molar-refractivity contribution in [1.29, 1.82) is 0 Å². The highest BCUT2D eigenvalue weighted by molar-refractivity contribution is 8.15. The fourth-order valence-corrected chi connectivity index (χ4v) is 5.90. The number of hydrogen-bond donors (Lipinski definition) is 1. The van der Waals surface area contributed by atoms with E-state index < -0.39 is 19.0 Å². The minimum Gasteiger partial charge on any atom is -0.489 e. The number of thiazole rings is 1. The number of nitrogens with two attached hydrogens (primary N) is 1. The first kappa shape index (κ1) is 23.2. The number of hydrogen-bond acceptors (Lipinski definition) is 11. The normalized spacial score (nSPS) is 15.2. The molecule has 2 heterocycles. The second kappa shape index (κ2) is 10.00. The Morgan fingerprint density at radius 3 is 2.74 bits per heavy atom. The van der Waals surface area contributed by atoms with Gasteiger partial charge < -0.3 is 9.49 Å². The first-order valence-corrected chi connectivity index (χ1v) is 12.2. The lowest BCUT2D eigenvalue weighted by molar-refractivity contribution is -0.118. The smallest absolute Gasteiger partial charge is 0.489 e. The van der Waals surface area contributed by atoms with Gasteiger partial charge in [-0.3, -0.25) is 9.79 Å². The van der Waals surface area contributed by atoms with E-state index in [1.54, 1.807) is 6.07 Å². The van der Waals surface area contributed by atoms with E-state index in [0.29, 0.717) is 33.6 Å². The fraction of sp³-hybridized carbons (Fsp3) is 0.136. The third-order valence-electron chi connectivity index (χ3n) is 5.50. The Balaban J connectivity index is 1.37. The van der Waals surface area contributed by atoms with Crippen molar-refractivity contribution < 1.29 is 14.3 Å². The molecule has 35 heavy (non-hydrogen) atoms. The second-order valence-corrected chi connectivity index (χ2v) is 9.62. The van der Waals surface area contributed by atoms with Gasteiger partial charge >= 0.3 is 13.0 Å². The van der Waals surface area contributed by atoms with E-state index in [1.165, 1.54) is 23.1 Å². The van der Waals surface area contributed by atoms with Crippen LogP contribution >= 0.6 is 23.1 Å². The third kappa shape index (κ3) is 4.58. The van der Waals surface area contributed by atoms with Gasteiger partial charge in [-0.1, -0.05) is 41.5 Å². The van der Waals surface area contributed by atoms with E-state index in [4.69, 9.17) is 15.4 Å². The van der Waals surface area contributed by atoms with Gasteiger partial charge in [-0.25, -0.2) is 10.9 Å². The molecule has 5 rings (SSSR count). The van der Waals surface area contributed by atoms with Crippen molar-refractivity contribution in [3.63, 3.8) is 0 Å². The summed E-state index contributed by atoms with van der Waals surface area (Å²) < 4.78 is 11.7. The number of aromatic nitrogens is 1. The standard InChI is InChI=1S/C22H16BN5O5S2/c24-33-23(28-31)16-7-5-12(14-3-1-2-4-15(14)16)10-32-13-6-8-17-19(9-13)35-22(25-17)21-26-18(11-34-21)20(29)27-30/h1-9,18H,10-11,24H2/t18-/m1/s1. The maximum absolute atomic E-state index is 11.5. The molecule has 1 atom stereocenters. The summed E-state index contributed by atoms with van der Waals surface area (Å²) in [5.41, 5.74) is 2.29. The minimum absolute atomic E-state index is 0.297. The lowest BCUT2D eigenvalue weighted by atomic mass is 9.72. The number of aliphatic imine (C=N–C) groups is 1. The lowest BCUT2D eigenvalue weighted by Gasteiger charge is -2.13. The van der Waals surface area contributed by atoms with Crippen LogP contribution in [0.4, 0.5) is 0 Å². The van der Waals surface area contributed by atoms with Crippen molar-refractivity contribution >= 4 is 67.6 Å². The molecule has 0 aliphatic carbocycles. The summed E-state index contributed by atoms with van der Waals surface area (Å²) in [5, 5.41) is 8.44. The van der Waals surface area contributed by atoms with E-state index in [1.807, 2.05) is 48.5 Å². The minimum atomic E-state index is -1.09. The third-order valence-corrected chi connectivity index (χ3v) is 7.71. The molecule has 4 aromatic rings. The van der Waals surface area contributed by atoms with Gasteiger partial charge in [-0.05, 0) is 40.0 Å². The monoisotopic (exact) mass is 505 g/mol. The van der Waals surface area contributed by atoms with Crippen molar-refractivity contribution in [2.24, 2.45) is 21.2 Å². The molecule has 0 unspecified atom stereocenters. The SMILES string of the molecule is NOB(N=O)c1ccc(COc2ccc3nc(C4=N[C@@H](C(=O)N=O)CS4)sc3c2)c2ccccc12. The quantitative estimate of drug-likeness (QED) is 0.217. The Kier molecular flexibility index (Phi) is 6.64. The summed E-state index contributed by atoms with van der Waals surface area (Å²) in [7, 11) is -1.09. The number of nitroso groups, excluding NO2 is 2. The first-order valence-electron chi connectivity index (χ1n) is 10.4. The summed E-state index contributed by atoms with van der Waals surface area (Å²) in [6.07, 6.45) is 0. The number of thioether (sulfide) groups is 1. The molecule has 10 nitrogen and oxygen atoms in total. The second-order valence-electron chi connectivity index (χ2n) is 7.58. The number of carbonyl (C=O) groups is 1.